The monoisotopic (exact) mass is 350 g/mol. The molecular formula is C19H24F2N2O2. The van der Waals surface area contributed by atoms with Crippen LogP contribution < -0.4 is 10.8 Å². The molecule has 0 saturated carbocycles. The first-order valence-electron chi connectivity index (χ1n) is 8.33. The van der Waals surface area contributed by atoms with Crippen LogP contribution in [0.3, 0.4) is 0 Å². The molecule has 0 fully saturated rings. The van der Waals surface area contributed by atoms with Crippen LogP contribution in [0, 0.1) is 11.6 Å². The Morgan fingerprint density at radius 2 is 1.68 bits per heavy atom. The van der Waals surface area contributed by atoms with Crippen molar-refractivity contribution in [3.8, 4) is 0 Å². The van der Waals surface area contributed by atoms with Gasteiger partial charge < -0.3 is 15.6 Å². The van der Waals surface area contributed by atoms with Crippen LogP contribution in [-0.2, 0) is 19.4 Å². The molecule has 0 bridgehead atoms. The molecule has 0 unspecified atom stereocenters. The Kier molecular flexibility index (Phi) is 7.46. The number of aliphatic hydroxyl groups excluding tert-OH is 1. The van der Waals surface area contributed by atoms with Gasteiger partial charge in [-0.3, -0.25) is 0 Å². The molecule has 0 heterocycles. The van der Waals surface area contributed by atoms with Crippen molar-refractivity contribution in [2.24, 2.45) is 0 Å². The summed E-state index contributed by atoms with van der Waals surface area (Å²) < 4.78 is 26.5. The zero-order valence-corrected chi connectivity index (χ0v) is 14.2. The van der Waals surface area contributed by atoms with E-state index in [1.54, 1.807) is 0 Å². The fourth-order valence-electron chi connectivity index (χ4n) is 2.72. The highest BCUT2D eigenvalue weighted by molar-refractivity contribution is 5.23. The van der Waals surface area contributed by atoms with Gasteiger partial charge in [0, 0.05) is 19.2 Å². The second-order valence-corrected chi connectivity index (χ2v) is 6.09. The third-order valence-electron chi connectivity index (χ3n) is 4.09. The van der Waals surface area contributed by atoms with Gasteiger partial charge in [0.25, 0.3) is 0 Å². The molecular weight excluding hydrogens is 326 g/mol. The molecule has 0 amide bonds. The Labute approximate surface area is 146 Å². The number of benzene rings is 2. The van der Waals surface area contributed by atoms with Crippen LogP contribution in [0.4, 0.5) is 8.78 Å². The van der Waals surface area contributed by atoms with Crippen molar-refractivity contribution in [1.29, 1.82) is 0 Å². The van der Waals surface area contributed by atoms with Gasteiger partial charge in [-0.05, 0) is 41.7 Å². The summed E-state index contributed by atoms with van der Waals surface area (Å²) in [6.07, 6.45) is 0.127. The van der Waals surface area contributed by atoms with Crippen molar-refractivity contribution in [2.45, 2.75) is 38.5 Å². The topological polar surface area (TPSA) is 64.5 Å². The number of aliphatic hydroxyl groups is 1. The number of hydroxylamine groups is 1. The third-order valence-corrected chi connectivity index (χ3v) is 4.09. The lowest BCUT2D eigenvalue weighted by molar-refractivity contribution is 0.0397. The lowest BCUT2D eigenvalue weighted by atomic mass is 10.0. The Hall–Kier alpha value is -1.86. The number of hydrogen-bond acceptors (Lipinski definition) is 4. The minimum atomic E-state index is -0.925. The van der Waals surface area contributed by atoms with E-state index >= 15 is 0 Å². The van der Waals surface area contributed by atoms with Gasteiger partial charge in [0.05, 0.1) is 12.1 Å². The fraction of sp³-hybridized carbons (Fsp3) is 0.368. The number of halogens is 2. The molecule has 136 valence electrons. The van der Waals surface area contributed by atoms with Crippen LogP contribution in [0.5, 0.6) is 0 Å². The fourth-order valence-corrected chi connectivity index (χ4v) is 2.72. The minimum absolute atomic E-state index is 0.0966. The van der Waals surface area contributed by atoms with Gasteiger partial charge in [-0.25, -0.2) is 8.78 Å². The van der Waals surface area contributed by atoms with E-state index in [0.717, 1.165) is 18.1 Å². The molecule has 2 aromatic carbocycles. The maximum atomic E-state index is 13.2. The van der Waals surface area contributed by atoms with E-state index < -0.39 is 23.8 Å². The van der Waals surface area contributed by atoms with Crippen molar-refractivity contribution in [2.75, 3.05) is 6.54 Å². The molecule has 6 heteroatoms. The quantitative estimate of drug-likeness (QED) is 0.525. The van der Waals surface area contributed by atoms with Crippen molar-refractivity contribution < 1.29 is 19.1 Å². The van der Waals surface area contributed by atoms with Crippen molar-refractivity contribution in [1.82, 2.24) is 10.8 Å². The lowest BCUT2D eigenvalue weighted by Crippen LogP contribution is -2.45. The van der Waals surface area contributed by atoms with E-state index in [0.29, 0.717) is 12.1 Å². The molecule has 4 nitrogen and oxygen atoms in total. The normalized spacial score (nSPS) is 13.6. The van der Waals surface area contributed by atoms with Gasteiger partial charge in [-0.1, -0.05) is 31.2 Å². The predicted octanol–water partition coefficient (Wildman–Crippen LogP) is 2.57. The summed E-state index contributed by atoms with van der Waals surface area (Å²) in [4.78, 5) is 0. The maximum absolute atomic E-state index is 13.2. The molecule has 2 rings (SSSR count). The SMILES string of the molecule is CCc1cccc(CNC[C@@H](O)[C@H](Cc2cc(F)cc(F)c2)NO)c1. The summed E-state index contributed by atoms with van der Waals surface area (Å²) >= 11 is 0. The van der Waals surface area contributed by atoms with E-state index in [1.165, 1.54) is 17.7 Å². The highest BCUT2D eigenvalue weighted by atomic mass is 19.1. The molecule has 2 atom stereocenters. The zero-order chi connectivity index (χ0) is 18.2. The highest BCUT2D eigenvalue weighted by Crippen LogP contribution is 2.12. The van der Waals surface area contributed by atoms with Gasteiger partial charge in [-0.2, -0.15) is 5.48 Å². The largest absolute Gasteiger partial charge is 0.390 e. The second kappa shape index (κ2) is 9.58. The molecule has 2 aromatic rings. The Morgan fingerprint density at radius 1 is 1.00 bits per heavy atom. The number of rotatable bonds is 9. The van der Waals surface area contributed by atoms with Gasteiger partial charge in [0.2, 0.25) is 0 Å². The highest BCUT2D eigenvalue weighted by Gasteiger charge is 2.19. The molecule has 0 aliphatic heterocycles. The lowest BCUT2D eigenvalue weighted by Gasteiger charge is -2.22. The summed E-state index contributed by atoms with van der Waals surface area (Å²) in [6.45, 7) is 2.90. The van der Waals surface area contributed by atoms with Crippen LogP contribution in [0.2, 0.25) is 0 Å². The molecule has 0 radical (unpaired) electrons. The van der Waals surface area contributed by atoms with E-state index in [9.17, 15) is 19.1 Å². The van der Waals surface area contributed by atoms with Crippen molar-refractivity contribution in [3.05, 3.63) is 70.8 Å². The standard InChI is InChI=1S/C19H24F2N2O2/c1-2-13-4-3-5-14(6-13)11-22-12-19(24)18(23-25)9-15-7-16(20)10-17(21)8-15/h3-8,10,18-19,22-25H,2,9,11-12H2,1H3/t18-,19+/m0/s1. The molecule has 0 aliphatic carbocycles. The zero-order valence-electron chi connectivity index (χ0n) is 14.2. The van der Waals surface area contributed by atoms with Crippen LogP contribution in [0.15, 0.2) is 42.5 Å². The van der Waals surface area contributed by atoms with Crippen LogP contribution >= 0.6 is 0 Å². The van der Waals surface area contributed by atoms with Crippen LogP contribution in [0.1, 0.15) is 23.6 Å². The molecule has 0 spiro atoms. The Bertz CT molecular complexity index is 662. The third kappa shape index (κ3) is 6.17. The van der Waals surface area contributed by atoms with Crippen LogP contribution in [-0.4, -0.2) is 29.0 Å². The van der Waals surface area contributed by atoms with Crippen molar-refractivity contribution >= 4 is 0 Å². The van der Waals surface area contributed by atoms with Gasteiger partial charge in [0.15, 0.2) is 0 Å². The predicted molar refractivity (Wildman–Crippen MR) is 92.3 cm³/mol. The molecule has 0 saturated heterocycles. The molecule has 0 aliphatic rings. The van der Waals surface area contributed by atoms with E-state index in [1.807, 2.05) is 17.6 Å². The average Bonchev–Trinajstić information content (AvgIpc) is 2.59. The second-order valence-electron chi connectivity index (χ2n) is 6.09. The van der Waals surface area contributed by atoms with Gasteiger partial charge >= 0.3 is 0 Å². The Balaban J connectivity index is 1.87. The van der Waals surface area contributed by atoms with E-state index in [4.69, 9.17) is 0 Å². The summed E-state index contributed by atoms with van der Waals surface area (Å²) in [5, 5.41) is 22.6. The first-order chi connectivity index (χ1) is 12.0. The number of aryl methyl sites for hydroxylation is 1. The summed E-state index contributed by atoms with van der Waals surface area (Å²) in [5.41, 5.74) is 4.72. The smallest absolute Gasteiger partial charge is 0.126 e. The number of hydrogen-bond donors (Lipinski definition) is 4. The first-order valence-corrected chi connectivity index (χ1v) is 8.33. The molecule has 0 aromatic heterocycles. The molecule has 4 N–H and O–H groups in total. The number of nitrogens with one attached hydrogen (secondary N) is 2. The Morgan fingerprint density at radius 3 is 2.32 bits per heavy atom. The van der Waals surface area contributed by atoms with E-state index in [-0.39, 0.29) is 13.0 Å². The van der Waals surface area contributed by atoms with Gasteiger partial charge in [0.1, 0.15) is 11.6 Å². The first kappa shape index (κ1) is 19.5. The van der Waals surface area contributed by atoms with E-state index in [2.05, 4.69) is 24.4 Å². The van der Waals surface area contributed by atoms with Crippen molar-refractivity contribution in [3.63, 3.8) is 0 Å². The van der Waals surface area contributed by atoms with Crippen LogP contribution in [0.25, 0.3) is 0 Å². The summed E-state index contributed by atoms with van der Waals surface area (Å²) in [7, 11) is 0. The summed E-state index contributed by atoms with van der Waals surface area (Å²) in [5.74, 6) is -1.37. The average molecular weight is 350 g/mol. The summed E-state index contributed by atoms with van der Waals surface area (Å²) in [6, 6.07) is 10.6. The molecule has 25 heavy (non-hydrogen) atoms. The van der Waals surface area contributed by atoms with Gasteiger partial charge in [-0.15, -0.1) is 0 Å². The minimum Gasteiger partial charge on any atom is -0.390 e. The maximum Gasteiger partial charge on any atom is 0.126 e.